The number of hydrogen-bond acceptors (Lipinski definition) is 10. The van der Waals surface area contributed by atoms with Gasteiger partial charge in [-0.25, -0.2) is 17.8 Å². The lowest BCUT2D eigenvalue weighted by molar-refractivity contribution is -0.274. The molecule has 0 spiro atoms. The van der Waals surface area contributed by atoms with E-state index < -0.39 is 123 Å². The zero-order chi connectivity index (χ0) is 44.3. The topological polar surface area (TPSA) is 157 Å². The molecule has 3 aromatic rings. The second-order valence-corrected chi connectivity index (χ2v) is 19.4. The van der Waals surface area contributed by atoms with E-state index in [2.05, 4.69) is 9.72 Å². The van der Waals surface area contributed by atoms with Gasteiger partial charge in [-0.05, 0) is 87.1 Å². The quantitative estimate of drug-likeness (QED) is 0.125. The number of carbonyl (C=O) groups is 4. The van der Waals surface area contributed by atoms with Gasteiger partial charge >= 0.3 is 12.5 Å². The molecule has 0 radical (unpaired) electrons. The second-order valence-electron chi connectivity index (χ2n) is 16.9. The van der Waals surface area contributed by atoms with E-state index in [-0.39, 0.29) is 53.2 Å². The number of nitrogens with zero attached hydrogens (tertiary/aromatic N) is 2. The summed E-state index contributed by atoms with van der Waals surface area (Å²) in [5, 5.41) is 10.4. The lowest BCUT2D eigenvalue weighted by Crippen LogP contribution is -2.46. The maximum absolute atomic E-state index is 14.6. The van der Waals surface area contributed by atoms with Crippen LogP contribution >= 0.6 is 0 Å². The van der Waals surface area contributed by atoms with E-state index in [1.54, 1.807) is 13.0 Å². The molecule has 11 nitrogen and oxygen atoms in total. The minimum atomic E-state index is -5.30. The fourth-order valence-corrected chi connectivity index (χ4v) is 10.3. The van der Waals surface area contributed by atoms with Gasteiger partial charge in [-0.15, -0.1) is 13.2 Å². The molecule has 1 N–H and O–H groups in total. The van der Waals surface area contributed by atoms with Crippen molar-refractivity contribution >= 4 is 54.8 Å². The van der Waals surface area contributed by atoms with Crippen LogP contribution in [0.5, 0.6) is 11.6 Å². The van der Waals surface area contributed by atoms with Gasteiger partial charge in [-0.3, -0.25) is 19.2 Å². The van der Waals surface area contributed by atoms with Crippen LogP contribution in [0.25, 0.3) is 21.7 Å². The smallest absolute Gasteiger partial charge is 0.472 e. The summed E-state index contributed by atoms with van der Waals surface area (Å²) in [5.41, 5.74) is -1.51. The summed E-state index contributed by atoms with van der Waals surface area (Å²) in [6, 6.07) is 5.36. The Labute approximate surface area is 345 Å². The molecule has 2 saturated carbocycles. The summed E-state index contributed by atoms with van der Waals surface area (Å²) >= 11 is 0. The average Bonchev–Trinajstić information content (AvgIpc) is 4.05. The number of allylic oxidation sites excluding steroid dienone is 2. The molecule has 19 heteroatoms. The van der Waals surface area contributed by atoms with Gasteiger partial charge in [0.1, 0.15) is 23.4 Å². The predicted octanol–water partition coefficient (Wildman–Crippen LogP) is 7.29. The van der Waals surface area contributed by atoms with Gasteiger partial charge in [0.25, 0.3) is 0 Å². The summed E-state index contributed by atoms with van der Waals surface area (Å²) in [6.07, 6.45) is -10.3. The first-order chi connectivity index (χ1) is 28.5. The van der Waals surface area contributed by atoms with Crippen LogP contribution in [-0.2, 0) is 29.0 Å². The Hall–Kier alpha value is -4.65. The number of fused-ring (bicyclic) bond motifs is 5. The number of aliphatic hydroxyl groups is 1. The first kappa shape index (κ1) is 44.4. The van der Waals surface area contributed by atoms with E-state index in [1.165, 1.54) is 12.1 Å². The fraction of sp³-hybridized carbons (Fsp3) is 0.548. The van der Waals surface area contributed by atoms with Gasteiger partial charge in [-0.2, -0.15) is 13.2 Å². The van der Waals surface area contributed by atoms with Crippen LogP contribution in [0.3, 0.4) is 0 Å². The second kappa shape index (κ2) is 16.2. The number of sulfone groups is 1. The van der Waals surface area contributed by atoms with E-state index >= 15 is 0 Å². The zero-order valence-electron chi connectivity index (χ0n) is 32.9. The third-order valence-electron chi connectivity index (χ3n) is 12.5. The minimum absolute atomic E-state index is 0.0752. The molecule has 1 saturated heterocycles. The molecule has 1 amide bonds. The van der Waals surface area contributed by atoms with Gasteiger partial charge in [0.2, 0.25) is 17.9 Å². The molecule has 330 valence electrons. The summed E-state index contributed by atoms with van der Waals surface area (Å²) in [6.45, 7) is 1.15. The third-order valence-corrected chi connectivity index (χ3v) is 15.1. The van der Waals surface area contributed by atoms with Crippen molar-refractivity contribution in [2.45, 2.75) is 113 Å². The standard InChI is InChI=1S/C42H43F7N2O9S/c1-39(13-14-39)61(57,58)22-35(54)40-19-24(40)8-6-4-2-3-5-7-23(15-33(52)36(55)41(44,45)46)38(56)51-21-27(18-32(51)34(53)20-40)59-37-29-11-9-25(43)16-30(29)28-12-10-26(17-31(28)50-37)60-42(47,48)49/h6,8-12,16-17,23-24,27,32,36,55H,2-5,7,13-15,18-22H2,1H3/b8-6-/t23-,24-,27-,32+,36+,40-/m1/s1. The average molecular weight is 885 g/mol. The SMILES string of the molecule is CC1(S(=O)(=O)CC(=O)[C@]23CC(=O)[C@@H]4C[C@@H](Oc5nc6cc(OC(F)(F)F)ccc6c6cc(F)ccc56)CN4C(=O)[C@@H](CC(=O)[C@H](O)C(F)(F)F)CCCCC/C=C\[C@@H]2C3)CC1. The molecular weight excluding hydrogens is 842 g/mol. The van der Waals surface area contributed by atoms with Crippen LogP contribution in [0, 0.1) is 23.1 Å². The maximum Gasteiger partial charge on any atom is 0.573 e. The van der Waals surface area contributed by atoms with Crippen LogP contribution in [-0.4, -0.2) is 94.5 Å². The first-order valence-corrected chi connectivity index (χ1v) is 21.6. The number of Topliss-reactive ketones (excluding diaryl/α,β-unsaturated/α-hetero) is 3. The van der Waals surface area contributed by atoms with Gasteiger partial charge in [0.15, 0.2) is 27.2 Å². The number of carbonyl (C=O) groups excluding carboxylic acids is 4. The van der Waals surface area contributed by atoms with E-state index in [4.69, 9.17) is 4.74 Å². The molecule has 0 unspecified atom stereocenters. The normalized spacial score (nSPS) is 27.1. The number of ketones is 3. The number of pyridine rings is 1. The van der Waals surface area contributed by atoms with Crippen molar-refractivity contribution in [1.29, 1.82) is 0 Å². The first-order valence-electron chi connectivity index (χ1n) is 20.0. The lowest BCUT2D eigenvalue weighted by atomic mass is 9.88. The van der Waals surface area contributed by atoms with Crippen molar-refractivity contribution in [3.63, 3.8) is 0 Å². The Morgan fingerprint density at radius 1 is 1.00 bits per heavy atom. The fourth-order valence-electron chi connectivity index (χ4n) is 8.59. The van der Waals surface area contributed by atoms with Crippen molar-refractivity contribution in [2.75, 3.05) is 12.3 Å². The molecule has 7 rings (SSSR count). The van der Waals surface area contributed by atoms with E-state index in [9.17, 15) is 63.4 Å². The molecule has 6 atom stereocenters. The summed E-state index contributed by atoms with van der Waals surface area (Å²) in [5.74, 6) is -8.09. The molecule has 1 aromatic heterocycles. The molecule has 2 aromatic carbocycles. The summed E-state index contributed by atoms with van der Waals surface area (Å²) < 4.78 is 130. The van der Waals surface area contributed by atoms with Crippen molar-refractivity contribution in [3.05, 3.63) is 54.4 Å². The Morgan fingerprint density at radius 3 is 2.41 bits per heavy atom. The molecule has 3 heterocycles. The molecule has 3 fully saturated rings. The van der Waals surface area contributed by atoms with Gasteiger partial charge < -0.3 is 19.5 Å². The highest BCUT2D eigenvalue weighted by molar-refractivity contribution is 7.93. The number of ether oxygens (including phenoxy) is 2. The van der Waals surface area contributed by atoms with Crippen molar-refractivity contribution in [1.82, 2.24) is 9.88 Å². The Kier molecular flexibility index (Phi) is 11.8. The highest BCUT2D eigenvalue weighted by atomic mass is 32.2. The molecule has 4 aliphatic rings. The number of aliphatic hydroxyl groups excluding tert-OH is 1. The van der Waals surface area contributed by atoms with E-state index in [0.717, 1.165) is 29.2 Å². The van der Waals surface area contributed by atoms with Gasteiger partial charge in [-0.1, -0.05) is 25.0 Å². The number of rotatable bonds is 10. The van der Waals surface area contributed by atoms with Crippen molar-refractivity contribution in [2.24, 2.45) is 17.3 Å². The van der Waals surface area contributed by atoms with Crippen LogP contribution in [0.15, 0.2) is 48.6 Å². The molecule has 2 aliphatic carbocycles. The molecule has 2 aliphatic heterocycles. The van der Waals surface area contributed by atoms with Crippen LogP contribution in [0.2, 0.25) is 0 Å². The van der Waals surface area contributed by atoms with Crippen molar-refractivity contribution < 1.29 is 72.9 Å². The molecular formula is C42H43F7N2O9S. The Morgan fingerprint density at radius 2 is 1.72 bits per heavy atom. The number of alkyl halides is 6. The van der Waals surface area contributed by atoms with Crippen molar-refractivity contribution in [3.8, 4) is 11.6 Å². The van der Waals surface area contributed by atoms with E-state index in [0.29, 0.717) is 32.1 Å². The summed E-state index contributed by atoms with van der Waals surface area (Å²) in [4.78, 5) is 61.3. The number of hydrogen-bond donors (Lipinski definition) is 1. The lowest BCUT2D eigenvalue weighted by Gasteiger charge is -2.29. The number of halogens is 7. The number of aromatic nitrogens is 1. The zero-order valence-corrected chi connectivity index (χ0v) is 33.7. The van der Waals surface area contributed by atoms with Crippen LogP contribution in [0.4, 0.5) is 30.7 Å². The van der Waals surface area contributed by atoms with Crippen LogP contribution in [0.1, 0.15) is 77.6 Å². The van der Waals surface area contributed by atoms with Gasteiger partial charge in [0, 0.05) is 47.4 Å². The molecule has 0 bridgehead atoms. The highest BCUT2D eigenvalue weighted by Gasteiger charge is 2.62. The van der Waals surface area contributed by atoms with Crippen LogP contribution < -0.4 is 9.47 Å². The van der Waals surface area contributed by atoms with Gasteiger partial charge in [0.05, 0.1) is 22.9 Å². The Balaban J connectivity index is 1.25. The number of amides is 1. The minimum Gasteiger partial charge on any atom is -0.472 e. The molecule has 61 heavy (non-hydrogen) atoms. The predicted molar refractivity (Wildman–Crippen MR) is 204 cm³/mol. The number of benzene rings is 2. The third kappa shape index (κ3) is 9.42. The maximum atomic E-state index is 14.6. The monoisotopic (exact) mass is 884 g/mol. The largest absolute Gasteiger partial charge is 0.573 e. The summed E-state index contributed by atoms with van der Waals surface area (Å²) in [7, 11) is -3.88. The highest BCUT2D eigenvalue weighted by Crippen LogP contribution is 2.58. The Bertz CT molecular complexity index is 2400. The van der Waals surface area contributed by atoms with E-state index in [1.807, 2.05) is 6.08 Å².